The first-order valence-electron chi connectivity index (χ1n) is 4.83. The van der Waals surface area contributed by atoms with Gasteiger partial charge < -0.3 is 0 Å². The molecule has 0 fully saturated rings. The number of carbonyl (C=O) groups excluding carboxylic acids is 1. The Bertz CT molecular complexity index is 405. The van der Waals surface area contributed by atoms with Crippen molar-refractivity contribution in [3.05, 3.63) is 34.2 Å². The van der Waals surface area contributed by atoms with E-state index in [1.54, 1.807) is 13.8 Å². The molecule has 1 aromatic rings. The second-order valence-corrected chi connectivity index (χ2v) is 4.85. The van der Waals surface area contributed by atoms with Crippen molar-refractivity contribution in [1.82, 2.24) is 4.72 Å². The summed E-state index contributed by atoms with van der Waals surface area (Å²) in [7, 11) is 0. The van der Waals surface area contributed by atoms with Crippen molar-refractivity contribution in [3.63, 3.8) is 0 Å². The largest absolute Gasteiger partial charge is 0.299 e. The van der Waals surface area contributed by atoms with Crippen molar-refractivity contribution in [3.8, 4) is 0 Å². The van der Waals surface area contributed by atoms with Crippen LogP contribution in [0.5, 0.6) is 0 Å². The van der Waals surface area contributed by atoms with Gasteiger partial charge in [-0.3, -0.25) is 9.52 Å². The van der Waals surface area contributed by atoms with Crippen LogP contribution in [0.2, 0.25) is 0 Å². The number of aryl methyl sites for hydroxylation is 1. The van der Waals surface area contributed by atoms with Crippen molar-refractivity contribution in [2.24, 2.45) is 5.18 Å². The SMILES string of the molecule is Cc1ccc(C(C)(C)N=O)cc1SNC=O. The molecule has 0 saturated heterocycles. The number of hydrogen-bond acceptors (Lipinski definition) is 4. The highest BCUT2D eigenvalue weighted by atomic mass is 32.2. The number of nitrogens with one attached hydrogen (secondary N) is 1. The molecule has 0 atom stereocenters. The molecule has 1 amide bonds. The van der Waals surface area contributed by atoms with Gasteiger partial charge in [-0.2, -0.15) is 0 Å². The lowest BCUT2D eigenvalue weighted by Gasteiger charge is -2.17. The van der Waals surface area contributed by atoms with Gasteiger partial charge in [-0.25, -0.2) is 0 Å². The third-order valence-electron chi connectivity index (χ3n) is 2.34. The van der Waals surface area contributed by atoms with E-state index < -0.39 is 5.54 Å². The Hall–Kier alpha value is -1.36. The Labute approximate surface area is 98.9 Å². The zero-order valence-electron chi connectivity index (χ0n) is 9.48. The Morgan fingerprint density at radius 3 is 2.69 bits per heavy atom. The molecular formula is C11H14N2O2S. The van der Waals surface area contributed by atoms with Gasteiger partial charge >= 0.3 is 0 Å². The minimum atomic E-state index is -0.746. The standard InChI is InChI=1S/C11H14N2O2S/c1-8-4-5-9(11(2,3)13-15)6-10(8)16-12-7-14/h4-7H,1-3H3,(H,12,14). The number of carbonyl (C=O) groups is 1. The van der Waals surface area contributed by atoms with Gasteiger partial charge in [-0.15, -0.1) is 4.91 Å². The molecule has 0 unspecified atom stereocenters. The Kier molecular flexibility index (Phi) is 4.06. The molecule has 0 bridgehead atoms. The normalized spacial score (nSPS) is 10.9. The molecule has 5 heteroatoms. The first-order chi connectivity index (χ1) is 7.51. The van der Waals surface area contributed by atoms with Gasteiger partial charge in [0.2, 0.25) is 6.41 Å². The quantitative estimate of drug-likeness (QED) is 0.487. The van der Waals surface area contributed by atoms with E-state index in [1.807, 2.05) is 25.1 Å². The maximum atomic E-state index is 10.7. The Balaban J connectivity index is 3.06. The van der Waals surface area contributed by atoms with E-state index in [0.717, 1.165) is 16.0 Å². The van der Waals surface area contributed by atoms with Crippen LogP contribution in [-0.4, -0.2) is 6.41 Å². The van der Waals surface area contributed by atoms with Crippen molar-refractivity contribution in [2.75, 3.05) is 0 Å². The topological polar surface area (TPSA) is 58.5 Å². The number of rotatable bonds is 5. The van der Waals surface area contributed by atoms with E-state index in [-0.39, 0.29) is 0 Å². The predicted molar refractivity (Wildman–Crippen MR) is 65.1 cm³/mol. The molecule has 0 heterocycles. The van der Waals surface area contributed by atoms with Crippen LogP contribution in [0.4, 0.5) is 0 Å². The summed E-state index contributed by atoms with van der Waals surface area (Å²) in [4.78, 5) is 21.9. The maximum Gasteiger partial charge on any atom is 0.217 e. The molecule has 0 aliphatic heterocycles. The third kappa shape index (κ3) is 2.82. The molecule has 1 aromatic carbocycles. The van der Waals surface area contributed by atoms with Crippen molar-refractivity contribution in [2.45, 2.75) is 31.2 Å². The van der Waals surface area contributed by atoms with E-state index in [4.69, 9.17) is 0 Å². The Morgan fingerprint density at radius 2 is 2.12 bits per heavy atom. The van der Waals surface area contributed by atoms with Crippen LogP contribution in [0.3, 0.4) is 0 Å². The highest BCUT2D eigenvalue weighted by molar-refractivity contribution is 7.98. The van der Waals surface area contributed by atoms with Gasteiger partial charge in [-0.1, -0.05) is 17.3 Å². The fraction of sp³-hybridized carbons (Fsp3) is 0.364. The van der Waals surface area contributed by atoms with Crippen molar-refractivity contribution < 1.29 is 4.79 Å². The van der Waals surface area contributed by atoms with Crippen LogP contribution in [0.15, 0.2) is 28.3 Å². The molecule has 86 valence electrons. The smallest absolute Gasteiger partial charge is 0.217 e. The highest BCUT2D eigenvalue weighted by Crippen LogP contribution is 2.29. The predicted octanol–water partition coefficient (Wildman–Crippen LogP) is 2.75. The van der Waals surface area contributed by atoms with Crippen LogP contribution in [-0.2, 0) is 10.3 Å². The molecule has 0 aliphatic carbocycles. The number of nitrogens with zero attached hydrogens (tertiary/aromatic N) is 1. The van der Waals surface area contributed by atoms with Gasteiger partial charge in [-0.05, 0) is 49.9 Å². The second kappa shape index (κ2) is 5.12. The van der Waals surface area contributed by atoms with E-state index >= 15 is 0 Å². The van der Waals surface area contributed by atoms with Crippen LogP contribution in [0, 0.1) is 11.8 Å². The fourth-order valence-corrected chi connectivity index (χ4v) is 1.82. The first kappa shape index (κ1) is 12.7. The molecule has 1 rings (SSSR count). The summed E-state index contributed by atoms with van der Waals surface area (Å²) in [6.45, 7) is 5.46. The summed E-state index contributed by atoms with van der Waals surface area (Å²) in [6.07, 6.45) is 0.625. The van der Waals surface area contributed by atoms with Crippen molar-refractivity contribution >= 4 is 18.4 Å². The summed E-state index contributed by atoms with van der Waals surface area (Å²) < 4.78 is 2.53. The molecule has 0 aromatic heterocycles. The van der Waals surface area contributed by atoms with Crippen LogP contribution >= 0.6 is 11.9 Å². The molecule has 16 heavy (non-hydrogen) atoms. The molecule has 0 saturated carbocycles. The van der Waals surface area contributed by atoms with Crippen LogP contribution in [0.25, 0.3) is 0 Å². The number of amides is 1. The van der Waals surface area contributed by atoms with Gasteiger partial charge in [0, 0.05) is 4.90 Å². The molecule has 0 aliphatic rings. The van der Waals surface area contributed by atoms with Crippen molar-refractivity contribution in [1.29, 1.82) is 0 Å². The molecular weight excluding hydrogens is 224 g/mol. The van der Waals surface area contributed by atoms with E-state index in [0.29, 0.717) is 6.41 Å². The van der Waals surface area contributed by atoms with Gasteiger partial charge in [0.1, 0.15) is 5.54 Å². The maximum absolute atomic E-state index is 10.7. The average Bonchev–Trinajstić information content (AvgIpc) is 2.27. The zero-order chi connectivity index (χ0) is 12.2. The summed E-state index contributed by atoms with van der Waals surface area (Å²) in [5, 5.41) is 3.09. The summed E-state index contributed by atoms with van der Waals surface area (Å²) >= 11 is 1.23. The zero-order valence-corrected chi connectivity index (χ0v) is 10.3. The third-order valence-corrected chi connectivity index (χ3v) is 3.21. The number of hydrogen-bond donors (Lipinski definition) is 1. The minimum absolute atomic E-state index is 0.625. The van der Waals surface area contributed by atoms with Crippen LogP contribution < -0.4 is 4.72 Å². The number of nitroso groups, excluding NO2 is 1. The lowest BCUT2D eigenvalue weighted by atomic mass is 9.95. The highest BCUT2D eigenvalue weighted by Gasteiger charge is 2.21. The van der Waals surface area contributed by atoms with E-state index in [9.17, 15) is 9.70 Å². The second-order valence-electron chi connectivity index (χ2n) is 3.97. The summed E-state index contributed by atoms with van der Waals surface area (Å²) in [6, 6.07) is 5.66. The molecule has 0 spiro atoms. The Morgan fingerprint density at radius 1 is 1.44 bits per heavy atom. The fourth-order valence-electron chi connectivity index (χ4n) is 1.23. The first-order valence-corrected chi connectivity index (χ1v) is 5.64. The average molecular weight is 238 g/mol. The number of benzene rings is 1. The lowest BCUT2D eigenvalue weighted by molar-refractivity contribution is -0.107. The van der Waals surface area contributed by atoms with E-state index in [1.165, 1.54) is 11.9 Å². The van der Waals surface area contributed by atoms with Gasteiger partial charge in [0.05, 0.1) is 0 Å². The minimum Gasteiger partial charge on any atom is -0.299 e. The summed E-state index contributed by atoms with van der Waals surface area (Å²) in [5.74, 6) is 0. The molecule has 4 nitrogen and oxygen atoms in total. The molecule has 0 radical (unpaired) electrons. The van der Waals surface area contributed by atoms with Gasteiger partial charge in [0.25, 0.3) is 0 Å². The molecule has 1 N–H and O–H groups in total. The van der Waals surface area contributed by atoms with E-state index in [2.05, 4.69) is 9.90 Å². The van der Waals surface area contributed by atoms with Gasteiger partial charge in [0.15, 0.2) is 0 Å². The van der Waals surface area contributed by atoms with Crippen LogP contribution in [0.1, 0.15) is 25.0 Å². The lowest BCUT2D eigenvalue weighted by Crippen LogP contribution is -2.13. The monoisotopic (exact) mass is 238 g/mol. The summed E-state index contributed by atoms with van der Waals surface area (Å²) in [5.41, 5.74) is 1.14.